The second-order valence-corrected chi connectivity index (χ2v) is 3.13. The average Bonchev–Trinajstić information content (AvgIpc) is 2.35. The predicted octanol–water partition coefficient (Wildman–Crippen LogP) is -1.68. The third kappa shape index (κ3) is 7.70. The molecular weight excluding hydrogens is 240 g/mol. The standard InChI is InChI=1S/C10H14N4O4/c11-4-8(10(18)14-6-9(16)17)5-12-2-1-3-13-7-15/h5,7,12H,1-3,6H2,(H,13,15)(H,14,18)(H,16,17)/b8-5-. The molecule has 0 fully saturated rings. The van der Waals surface area contributed by atoms with Gasteiger partial charge in [-0.05, 0) is 6.42 Å². The van der Waals surface area contributed by atoms with Gasteiger partial charge in [-0.25, -0.2) is 0 Å². The van der Waals surface area contributed by atoms with E-state index < -0.39 is 18.4 Å². The summed E-state index contributed by atoms with van der Waals surface area (Å²) in [6.45, 7) is 0.413. The van der Waals surface area contributed by atoms with Gasteiger partial charge in [-0.2, -0.15) is 5.26 Å². The predicted molar refractivity (Wildman–Crippen MR) is 61.0 cm³/mol. The first-order valence-electron chi connectivity index (χ1n) is 5.12. The zero-order valence-electron chi connectivity index (χ0n) is 9.60. The fraction of sp³-hybridized carbons (Fsp3) is 0.400. The molecule has 0 aliphatic rings. The van der Waals surface area contributed by atoms with Crippen LogP contribution in [0.3, 0.4) is 0 Å². The summed E-state index contributed by atoms with van der Waals surface area (Å²) in [6, 6.07) is 1.65. The molecule has 4 N–H and O–H groups in total. The Kier molecular flexibility index (Phi) is 8.28. The number of carboxylic acid groups (broad SMARTS) is 1. The number of carboxylic acids is 1. The molecule has 0 aromatic rings. The third-order valence-corrected chi connectivity index (χ3v) is 1.74. The molecule has 0 bridgehead atoms. The Morgan fingerprint density at radius 3 is 2.50 bits per heavy atom. The molecule has 0 saturated carbocycles. The second kappa shape index (κ2) is 9.65. The molecule has 0 radical (unpaired) electrons. The highest BCUT2D eigenvalue weighted by molar-refractivity contribution is 5.98. The number of nitrogens with zero attached hydrogens (tertiary/aromatic N) is 1. The van der Waals surface area contributed by atoms with Crippen molar-refractivity contribution in [3.63, 3.8) is 0 Å². The molecule has 18 heavy (non-hydrogen) atoms. The van der Waals surface area contributed by atoms with Gasteiger partial charge in [0.25, 0.3) is 5.91 Å². The molecule has 0 aliphatic carbocycles. The van der Waals surface area contributed by atoms with Crippen molar-refractivity contribution in [2.75, 3.05) is 19.6 Å². The van der Waals surface area contributed by atoms with Crippen LogP contribution in [-0.2, 0) is 14.4 Å². The van der Waals surface area contributed by atoms with Crippen molar-refractivity contribution in [1.29, 1.82) is 5.26 Å². The Balaban J connectivity index is 4.00. The first-order valence-corrected chi connectivity index (χ1v) is 5.12. The number of rotatable bonds is 9. The maximum atomic E-state index is 11.3. The number of hydrogen-bond donors (Lipinski definition) is 4. The first-order chi connectivity index (χ1) is 8.61. The molecule has 0 atom stereocenters. The van der Waals surface area contributed by atoms with Gasteiger partial charge in [0.2, 0.25) is 6.41 Å². The van der Waals surface area contributed by atoms with E-state index >= 15 is 0 Å². The van der Waals surface area contributed by atoms with Gasteiger partial charge in [-0.3, -0.25) is 14.4 Å². The van der Waals surface area contributed by atoms with Gasteiger partial charge in [0, 0.05) is 19.3 Å². The van der Waals surface area contributed by atoms with E-state index in [0.717, 1.165) is 0 Å². The minimum atomic E-state index is -1.19. The van der Waals surface area contributed by atoms with Gasteiger partial charge in [0.1, 0.15) is 18.2 Å². The smallest absolute Gasteiger partial charge is 0.322 e. The highest BCUT2D eigenvalue weighted by Crippen LogP contribution is 1.90. The Labute approximate surface area is 104 Å². The van der Waals surface area contributed by atoms with E-state index in [1.54, 1.807) is 6.07 Å². The number of amides is 2. The highest BCUT2D eigenvalue weighted by atomic mass is 16.4. The molecule has 8 heteroatoms. The van der Waals surface area contributed by atoms with Crippen LogP contribution < -0.4 is 16.0 Å². The van der Waals surface area contributed by atoms with Gasteiger partial charge >= 0.3 is 5.97 Å². The molecule has 98 valence electrons. The van der Waals surface area contributed by atoms with Crippen LogP contribution in [-0.4, -0.2) is 43.0 Å². The number of carbonyl (C=O) groups is 3. The van der Waals surface area contributed by atoms with Crippen LogP contribution in [0.1, 0.15) is 6.42 Å². The summed E-state index contributed by atoms with van der Waals surface area (Å²) in [4.78, 5) is 31.4. The minimum absolute atomic E-state index is 0.209. The topological polar surface area (TPSA) is 131 Å². The van der Waals surface area contributed by atoms with E-state index in [0.29, 0.717) is 25.9 Å². The normalized spacial score (nSPS) is 10.1. The van der Waals surface area contributed by atoms with Gasteiger partial charge in [0.15, 0.2) is 0 Å². The summed E-state index contributed by atoms with van der Waals surface area (Å²) in [5.41, 5.74) is -0.209. The fourth-order valence-corrected chi connectivity index (χ4v) is 0.925. The number of carbonyl (C=O) groups excluding carboxylic acids is 2. The fourth-order valence-electron chi connectivity index (χ4n) is 0.925. The second-order valence-electron chi connectivity index (χ2n) is 3.13. The molecule has 0 heterocycles. The van der Waals surface area contributed by atoms with Crippen molar-refractivity contribution >= 4 is 18.3 Å². The lowest BCUT2D eigenvalue weighted by molar-refractivity contribution is -0.137. The molecule has 0 unspecified atom stereocenters. The van der Waals surface area contributed by atoms with Crippen molar-refractivity contribution in [2.45, 2.75) is 6.42 Å². The van der Waals surface area contributed by atoms with Crippen molar-refractivity contribution < 1.29 is 19.5 Å². The molecule has 0 saturated heterocycles. The maximum absolute atomic E-state index is 11.3. The Hall–Kier alpha value is -2.56. The van der Waals surface area contributed by atoms with Crippen LogP contribution >= 0.6 is 0 Å². The molecule has 0 spiro atoms. The van der Waals surface area contributed by atoms with Crippen molar-refractivity contribution in [1.82, 2.24) is 16.0 Å². The lowest BCUT2D eigenvalue weighted by atomic mass is 10.3. The van der Waals surface area contributed by atoms with Crippen LogP contribution in [0.4, 0.5) is 0 Å². The van der Waals surface area contributed by atoms with E-state index in [1.807, 2.05) is 0 Å². The summed E-state index contributed by atoms with van der Waals surface area (Å²) < 4.78 is 0. The quantitative estimate of drug-likeness (QED) is 0.168. The first kappa shape index (κ1) is 15.4. The van der Waals surface area contributed by atoms with E-state index in [2.05, 4.69) is 16.0 Å². The zero-order chi connectivity index (χ0) is 13.8. The summed E-state index contributed by atoms with van der Waals surface area (Å²) in [7, 11) is 0. The average molecular weight is 254 g/mol. The summed E-state index contributed by atoms with van der Waals surface area (Å²) >= 11 is 0. The van der Waals surface area contributed by atoms with E-state index in [4.69, 9.17) is 10.4 Å². The van der Waals surface area contributed by atoms with Gasteiger partial charge in [-0.15, -0.1) is 0 Å². The molecule has 0 aromatic heterocycles. The zero-order valence-corrected chi connectivity index (χ0v) is 9.60. The highest BCUT2D eigenvalue weighted by Gasteiger charge is 2.09. The largest absolute Gasteiger partial charge is 0.480 e. The van der Waals surface area contributed by atoms with Crippen molar-refractivity contribution in [3.8, 4) is 6.07 Å². The van der Waals surface area contributed by atoms with Crippen LogP contribution in [0.2, 0.25) is 0 Å². The lowest BCUT2D eigenvalue weighted by Gasteiger charge is -2.03. The number of nitriles is 1. The maximum Gasteiger partial charge on any atom is 0.322 e. The summed E-state index contributed by atoms with van der Waals surface area (Å²) in [5, 5.41) is 24.3. The van der Waals surface area contributed by atoms with E-state index in [-0.39, 0.29) is 5.57 Å². The monoisotopic (exact) mass is 254 g/mol. The SMILES string of the molecule is N#C/C(=C/NCCCNC=O)C(=O)NCC(=O)O. The van der Waals surface area contributed by atoms with Gasteiger partial charge in [0.05, 0.1) is 0 Å². The van der Waals surface area contributed by atoms with E-state index in [1.165, 1.54) is 6.20 Å². The lowest BCUT2D eigenvalue weighted by Crippen LogP contribution is -2.30. The Morgan fingerprint density at radius 1 is 1.28 bits per heavy atom. The minimum Gasteiger partial charge on any atom is -0.480 e. The molecule has 8 nitrogen and oxygen atoms in total. The summed E-state index contributed by atoms with van der Waals surface area (Å²) in [6.07, 6.45) is 2.42. The van der Waals surface area contributed by atoms with Crippen LogP contribution in [0.25, 0.3) is 0 Å². The Bertz CT molecular complexity index is 373. The van der Waals surface area contributed by atoms with Crippen LogP contribution in [0.5, 0.6) is 0 Å². The van der Waals surface area contributed by atoms with Crippen molar-refractivity contribution in [3.05, 3.63) is 11.8 Å². The summed E-state index contributed by atoms with van der Waals surface area (Å²) in [5.74, 6) is -1.94. The Morgan fingerprint density at radius 2 is 1.94 bits per heavy atom. The molecular formula is C10H14N4O4. The van der Waals surface area contributed by atoms with Crippen molar-refractivity contribution in [2.24, 2.45) is 0 Å². The van der Waals surface area contributed by atoms with Crippen LogP contribution in [0.15, 0.2) is 11.8 Å². The molecule has 0 aliphatic heterocycles. The van der Waals surface area contributed by atoms with E-state index in [9.17, 15) is 14.4 Å². The van der Waals surface area contributed by atoms with Gasteiger partial charge < -0.3 is 21.1 Å². The number of nitrogens with one attached hydrogen (secondary N) is 3. The van der Waals surface area contributed by atoms with Crippen LogP contribution in [0, 0.1) is 11.3 Å². The third-order valence-electron chi connectivity index (χ3n) is 1.74. The van der Waals surface area contributed by atoms with Gasteiger partial charge in [-0.1, -0.05) is 0 Å². The number of aliphatic carboxylic acids is 1. The number of hydrogen-bond acceptors (Lipinski definition) is 5. The molecule has 2 amide bonds. The molecule has 0 rings (SSSR count). The molecule has 0 aromatic carbocycles.